The molecule has 0 fully saturated rings. The van der Waals surface area contributed by atoms with Gasteiger partial charge in [0, 0.05) is 68.2 Å². The number of hydrogen-bond acceptors (Lipinski definition) is 4. The third-order valence-electron chi connectivity index (χ3n) is 20.2. The average molecular weight is 1270 g/mol. The minimum Gasteiger partial charge on any atom is -0.312 e. The lowest BCUT2D eigenvalue weighted by Crippen LogP contribution is -2.57. The third-order valence-corrected chi connectivity index (χ3v) is 20.2. The highest BCUT2D eigenvalue weighted by atomic mass is 15.2. The van der Waals surface area contributed by atoms with Gasteiger partial charge in [-0.25, -0.2) is 0 Å². The molecule has 16 aromatic rings. The maximum absolute atomic E-state index is 2.51. The summed E-state index contributed by atoms with van der Waals surface area (Å²) in [5, 5.41) is 5.00. The van der Waals surface area contributed by atoms with Crippen LogP contribution in [0.2, 0.25) is 0 Å². The molecule has 0 aliphatic carbocycles. The van der Waals surface area contributed by atoms with E-state index in [1.165, 1.54) is 65.7 Å². The van der Waals surface area contributed by atoms with Gasteiger partial charge in [-0.3, -0.25) is 0 Å². The lowest BCUT2D eigenvalue weighted by molar-refractivity contribution is 1.28. The molecule has 2 aliphatic rings. The van der Waals surface area contributed by atoms with Crippen LogP contribution in [-0.2, 0) is 0 Å². The fourth-order valence-electron chi connectivity index (χ4n) is 15.5. The van der Waals surface area contributed by atoms with Gasteiger partial charge in [0.05, 0.1) is 0 Å². The number of benzene rings is 16. The van der Waals surface area contributed by atoms with Crippen molar-refractivity contribution in [2.45, 2.75) is 0 Å². The van der Waals surface area contributed by atoms with Gasteiger partial charge in [-0.15, -0.1) is 0 Å². The van der Waals surface area contributed by atoms with Crippen LogP contribution in [0.3, 0.4) is 0 Å². The summed E-state index contributed by atoms with van der Waals surface area (Å²) < 4.78 is 0. The molecule has 0 radical (unpaired) electrons. The highest BCUT2D eigenvalue weighted by molar-refractivity contribution is 7.00. The Morgan fingerprint density at radius 2 is 0.500 bits per heavy atom. The first kappa shape index (κ1) is 59.6. The summed E-state index contributed by atoms with van der Waals surface area (Å²) in [6, 6.07) is 142. The normalized spacial score (nSPS) is 12.3. The van der Waals surface area contributed by atoms with Crippen LogP contribution in [0.15, 0.2) is 388 Å². The van der Waals surface area contributed by atoms with Gasteiger partial charge in [0.15, 0.2) is 0 Å². The fourth-order valence-corrected chi connectivity index (χ4v) is 15.5. The molecule has 0 bridgehead atoms. The van der Waals surface area contributed by atoms with Gasteiger partial charge in [-0.2, -0.15) is 0 Å². The van der Waals surface area contributed by atoms with E-state index >= 15 is 0 Å². The van der Waals surface area contributed by atoms with Gasteiger partial charge < -0.3 is 19.6 Å². The number of anilines is 12. The van der Waals surface area contributed by atoms with Crippen LogP contribution in [0.5, 0.6) is 0 Å². The Morgan fingerprint density at radius 1 is 0.210 bits per heavy atom. The van der Waals surface area contributed by atoms with Crippen LogP contribution in [0.4, 0.5) is 68.2 Å². The second-order valence-electron chi connectivity index (χ2n) is 26.0. The highest BCUT2D eigenvalue weighted by Gasteiger charge is 2.39. The zero-order chi connectivity index (χ0) is 66.3. The summed E-state index contributed by atoms with van der Waals surface area (Å²) in [7, 11) is 0. The molecule has 0 saturated carbocycles. The number of fused-ring (bicyclic) bond motifs is 6. The van der Waals surface area contributed by atoms with Crippen LogP contribution in [0.25, 0.3) is 56.0 Å². The molecule has 2 heterocycles. The quantitative estimate of drug-likeness (QED) is 0.0795. The predicted octanol–water partition coefficient (Wildman–Crippen LogP) is 21.0. The predicted molar refractivity (Wildman–Crippen MR) is 429 cm³/mol. The van der Waals surface area contributed by atoms with Gasteiger partial charge >= 0.3 is 0 Å². The lowest BCUT2D eigenvalue weighted by atomic mass is 9.34. The van der Waals surface area contributed by atoms with Gasteiger partial charge in [0.2, 0.25) is 13.4 Å². The molecule has 0 aromatic heterocycles. The monoisotopic (exact) mass is 1270 g/mol. The average Bonchev–Trinajstić information content (AvgIpc) is 0.727. The van der Waals surface area contributed by atoms with Crippen molar-refractivity contribution < 1.29 is 0 Å². The first-order chi connectivity index (χ1) is 49.6. The van der Waals surface area contributed by atoms with Gasteiger partial charge in [0.1, 0.15) is 0 Å². The Balaban J connectivity index is 0.736. The minimum atomic E-state index is -0.0297. The Labute approximate surface area is 585 Å². The summed E-state index contributed by atoms with van der Waals surface area (Å²) in [5.74, 6) is 0. The van der Waals surface area contributed by atoms with E-state index in [2.05, 4.69) is 420 Å². The second kappa shape index (κ2) is 25.9. The highest BCUT2D eigenvalue weighted by Crippen LogP contribution is 2.44. The molecule has 6 heteroatoms. The summed E-state index contributed by atoms with van der Waals surface area (Å²) in [5.41, 5.74) is 28.0. The first-order valence-corrected chi connectivity index (χ1v) is 34.5. The zero-order valence-corrected chi connectivity index (χ0v) is 55.0. The molecule has 0 N–H and O–H groups in total. The smallest absolute Gasteiger partial charge is 0.247 e. The van der Waals surface area contributed by atoms with E-state index in [9.17, 15) is 0 Å². The maximum Gasteiger partial charge on any atom is 0.247 e. The van der Waals surface area contributed by atoms with Crippen LogP contribution in [-0.4, -0.2) is 13.4 Å². The zero-order valence-electron chi connectivity index (χ0n) is 55.0. The Bertz CT molecular complexity index is 5580. The molecule has 0 unspecified atom stereocenters. The third kappa shape index (κ3) is 11.0. The topological polar surface area (TPSA) is 13.0 Å². The van der Waals surface area contributed by atoms with E-state index in [4.69, 9.17) is 0 Å². The molecule has 468 valence electrons. The molecule has 0 amide bonds. The van der Waals surface area contributed by atoms with Crippen molar-refractivity contribution in [1.29, 1.82) is 0 Å². The molecule has 18 rings (SSSR count). The summed E-state index contributed by atoms with van der Waals surface area (Å²) >= 11 is 0. The molecule has 0 spiro atoms. The standard InChI is InChI=1S/C94H66B2N4/c1-5-27-75(28-6-1)97(76-29-7-2-8-30-76)79-55-45-67(46-56-79)43-44-68-47-57-81(58-48-68)99-91-41-19-17-37-87(91)95(85-39-21-25-71-23-13-15-35-83(71)85)89-63-53-73(65-93(89)99)74-54-64-90-94(66-74)100(92-42-20-18-38-88(92)96(90)86-40-22-26-72-24-14-16-36-84(72)86)82-61-51-70(52-62-82)69-49-59-80(60-50-69)98(77-31-9-3-10-32-77)78-33-11-4-12-34-78/h1-66H. The van der Waals surface area contributed by atoms with Crippen molar-refractivity contribution in [3.63, 3.8) is 0 Å². The van der Waals surface area contributed by atoms with Crippen molar-refractivity contribution in [2.75, 3.05) is 19.6 Å². The SMILES string of the molecule is C(=Cc1ccc(N2c3ccccc3B(c3cccc4ccccc34)c3ccc(-c4ccc5c(c4)N(c4ccc(-c6ccc(N(c7ccccc7)c7ccccc7)cc6)cc4)c4ccccc4B5c4cccc5ccccc45)cc32)cc1)c1ccc(N(c2ccccc2)c2ccccc2)cc1. The number of para-hydroxylation sites is 6. The minimum absolute atomic E-state index is 0.0279. The van der Waals surface area contributed by atoms with Crippen LogP contribution >= 0.6 is 0 Å². The molecule has 4 nitrogen and oxygen atoms in total. The van der Waals surface area contributed by atoms with Gasteiger partial charge in [-0.1, -0.05) is 290 Å². The van der Waals surface area contributed by atoms with Crippen molar-refractivity contribution in [3.8, 4) is 22.3 Å². The van der Waals surface area contributed by atoms with Gasteiger partial charge in [0.25, 0.3) is 0 Å². The number of nitrogens with zero attached hydrogens (tertiary/aromatic N) is 4. The molecule has 0 atom stereocenters. The summed E-state index contributed by atoms with van der Waals surface area (Å²) in [6.07, 6.45) is 4.44. The molecular weight excluding hydrogens is 1210 g/mol. The second-order valence-corrected chi connectivity index (χ2v) is 26.0. The fraction of sp³-hybridized carbons (Fsp3) is 0. The van der Waals surface area contributed by atoms with Crippen LogP contribution < -0.4 is 52.4 Å². The van der Waals surface area contributed by atoms with E-state index in [1.807, 2.05) is 0 Å². The molecule has 100 heavy (non-hydrogen) atoms. The van der Waals surface area contributed by atoms with E-state index in [-0.39, 0.29) is 13.4 Å². The van der Waals surface area contributed by atoms with E-state index in [1.54, 1.807) is 0 Å². The van der Waals surface area contributed by atoms with E-state index in [0.717, 1.165) is 90.3 Å². The van der Waals surface area contributed by atoms with Crippen molar-refractivity contribution in [1.82, 2.24) is 0 Å². The Morgan fingerprint density at radius 3 is 0.920 bits per heavy atom. The number of rotatable bonds is 14. The summed E-state index contributed by atoms with van der Waals surface area (Å²) in [4.78, 5) is 9.62. The Hall–Kier alpha value is -12.9. The van der Waals surface area contributed by atoms with E-state index in [0.29, 0.717) is 0 Å². The Kier molecular flexibility index (Phi) is 15.4. The van der Waals surface area contributed by atoms with E-state index < -0.39 is 0 Å². The van der Waals surface area contributed by atoms with Gasteiger partial charge in [-0.05, 0) is 198 Å². The molecule has 16 aromatic carbocycles. The number of hydrogen-bond donors (Lipinski definition) is 0. The molecule has 2 aliphatic heterocycles. The first-order valence-electron chi connectivity index (χ1n) is 34.5. The van der Waals surface area contributed by atoms with Crippen molar-refractivity contribution in [2.24, 2.45) is 0 Å². The van der Waals surface area contributed by atoms with Crippen LogP contribution in [0, 0.1) is 0 Å². The maximum atomic E-state index is 2.51. The largest absolute Gasteiger partial charge is 0.312 e. The lowest BCUT2D eigenvalue weighted by Gasteiger charge is -2.38. The van der Waals surface area contributed by atoms with Crippen molar-refractivity contribution >= 4 is 148 Å². The molecular formula is C94H66B2N4. The van der Waals surface area contributed by atoms with Crippen LogP contribution in [0.1, 0.15) is 11.1 Å². The summed E-state index contributed by atoms with van der Waals surface area (Å²) in [6.45, 7) is -0.0577. The van der Waals surface area contributed by atoms with Crippen molar-refractivity contribution in [3.05, 3.63) is 399 Å². The molecule has 0 saturated heterocycles.